The second kappa shape index (κ2) is 9.21. The number of piperidine rings is 1. The van der Waals surface area contributed by atoms with Gasteiger partial charge in [0.05, 0.1) is 7.11 Å². The molecule has 3 rings (SSSR count). The highest BCUT2D eigenvalue weighted by Gasteiger charge is 2.17. The lowest BCUT2D eigenvalue weighted by Crippen LogP contribution is -2.35. The summed E-state index contributed by atoms with van der Waals surface area (Å²) in [4.78, 5) is 23.1. The fraction of sp³-hybridized carbons (Fsp3) is 0.450. The number of rotatable bonds is 7. The minimum atomic E-state index is -0.106. The third kappa shape index (κ3) is 5.32. The van der Waals surface area contributed by atoms with Crippen molar-refractivity contribution >= 4 is 17.5 Å². The molecule has 1 amide bonds. The summed E-state index contributed by atoms with van der Waals surface area (Å²) in [7, 11) is 1.60. The van der Waals surface area contributed by atoms with E-state index in [-0.39, 0.29) is 5.91 Å². The second-order valence-corrected chi connectivity index (χ2v) is 6.87. The van der Waals surface area contributed by atoms with Gasteiger partial charge < -0.3 is 20.3 Å². The van der Waals surface area contributed by atoms with Gasteiger partial charge in [0.25, 0.3) is 5.91 Å². The molecule has 2 N–H and O–H groups in total. The maximum Gasteiger partial charge on any atom is 0.251 e. The van der Waals surface area contributed by atoms with Crippen molar-refractivity contribution in [2.75, 3.05) is 43.5 Å². The SMILES string of the molecule is COc1ccc(C(=O)NCCNc2cc(N3CCCC(C)C3)ncn2)cc1. The topological polar surface area (TPSA) is 79.4 Å². The smallest absolute Gasteiger partial charge is 0.251 e. The molecular formula is C20H27N5O2. The second-order valence-electron chi connectivity index (χ2n) is 6.87. The molecule has 1 fully saturated rings. The highest BCUT2D eigenvalue weighted by Crippen LogP contribution is 2.22. The molecule has 1 saturated heterocycles. The van der Waals surface area contributed by atoms with Crippen LogP contribution in [-0.4, -0.2) is 49.2 Å². The fourth-order valence-electron chi connectivity index (χ4n) is 3.23. The number of aromatic nitrogens is 2. The summed E-state index contributed by atoms with van der Waals surface area (Å²) in [6.45, 7) is 5.45. The molecule has 0 radical (unpaired) electrons. The van der Waals surface area contributed by atoms with Crippen LogP contribution in [0.1, 0.15) is 30.1 Å². The van der Waals surface area contributed by atoms with Crippen molar-refractivity contribution in [3.63, 3.8) is 0 Å². The first-order valence-corrected chi connectivity index (χ1v) is 9.39. The number of benzene rings is 1. The third-order valence-corrected chi connectivity index (χ3v) is 4.70. The average Bonchev–Trinajstić information content (AvgIpc) is 2.71. The van der Waals surface area contributed by atoms with Crippen LogP contribution in [0.25, 0.3) is 0 Å². The van der Waals surface area contributed by atoms with Crippen molar-refractivity contribution in [1.82, 2.24) is 15.3 Å². The Bertz CT molecular complexity index is 750. The van der Waals surface area contributed by atoms with Crippen molar-refractivity contribution in [2.24, 2.45) is 5.92 Å². The molecule has 7 nitrogen and oxygen atoms in total. The monoisotopic (exact) mass is 369 g/mol. The number of amides is 1. The molecule has 144 valence electrons. The molecule has 2 heterocycles. The van der Waals surface area contributed by atoms with Gasteiger partial charge in [-0.25, -0.2) is 9.97 Å². The number of carbonyl (C=O) groups is 1. The van der Waals surface area contributed by atoms with Gasteiger partial charge >= 0.3 is 0 Å². The standard InChI is InChI=1S/C20H27N5O2/c1-15-4-3-11-25(13-15)19-12-18(23-14-24-19)21-9-10-22-20(26)16-5-7-17(27-2)8-6-16/h5-8,12,14-15H,3-4,9-11,13H2,1-2H3,(H,22,26)(H,21,23,24). The predicted octanol–water partition coefficient (Wildman–Crippen LogP) is 2.56. The van der Waals surface area contributed by atoms with E-state index in [1.807, 2.05) is 6.07 Å². The zero-order chi connectivity index (χ0) is 19.1. The van der Waals surface area contributed by atoms with E-state index >= 15 is 0 Å². The molecular weight excluding hydrogens is 342 g/mol. The Balaban J connectivity index is 1.46. The predicted molar refractivity (Wildman–Crippen MR) is 106 cm³/mol. The van der Waals surface area contributed by atoms with E-state index in [1.165, 1.54) is 12.8 Å². The molecule has 1 aliphatic rings. The summed E-state index contributed by atoms with van der Waals surface area (Å²) in [6.07, 6.45) is 4.07. The maximum atomic E-state index is 12.1. The molecule has 1 atom stereocenters. The molecule has 0 saturated carbocycles. The number of hydrogen-bond acceptors (Lipinski definition) is 6. The molecule has 1 aliphatic heterocycles. The normalized spacial score (nSPS) is 16.7. The number of ether oxygens (including phenoxy) is 1. The molecule has 1 aromatic heterocycles. The van der Waals surface area contributed by atoms with E-state index in [0.717, 1.165) is 30.5 Å². The van der Waals surface area contributed by atoms with Gasteiger partial charge in [-0.1, -0.05) is 6.92 Å². The van der Waals surface area contributed by atoms with E-state index in [2.05, 4.69) is 32.4 Å². The summed E-state index contributed by atoms with van der Waals surface area (Å²) in [5, 5.41) is 6.14. The van der Waals surface area contributed by atoms with E-state index in [9.17, 15) is 4.79 Å². The van der Waals surface area contributed by atoms with E-state index in [0.29, 0.717) is 24.6 Å². The molecule has 1 unspecified atom stereocenters. The van der Waals surface area contributed by atoms with Crippen molar-refractivity contribution in [1.29, 1.82) is 0 Å². The van der Waals surface area contributed by atoms with Gasteiger partial charge in [-0.05, 0) is 43.0 Å². The van der Waals surface area contributed by atoms with Crippen LogP contribution in [0.3, 0.4) is 0 Å². The van der Waals surface area contributed by atoms with Gasteiger partial charge in [-0.3, -0.25) is 4.79 Å². The largest absolute Gasteiger partial charge is 0.497 e. The summed E-state index contributed by atoms with van der Waals surface area (Å²) in [5.41, 5.74) is 0.611. The Labute approximate surface area is 160 Å². The Morgan fingerprint density at radius 3 is 2.81 bits per heavy atom. The number of nitrogens with zero attached hydrogens (tertiary/aromatic N) is 3. The number of carbonyl (C=O) groups excluding carboxylic acids is 1. The lowest BCUT2D eigenvalue weighted by molar-refractivity contribution is 0.0955. The summed E-state index contributed by atoms with van der Waals surface area (Å²) in [6, 6.07) is 9.02. The Kier molecular flexibility index (Phi) is 6.46. The minimum absolute atomic E-state index is 0.106. The van der Waals surface area contributed by atoms with Gasteiger partial charge in [-0.2, -0.15) is 0 Å². The van der Waals surface area contributed by atoms with Gasteiger partial charge in [0.15, 0.2) is 0 Å². The van der Waals surface area contributed by atoms with E-state index in [4.69, 9.17) is 4.74 Å². The molecule has 2 aromatic rings. The highest BCUT2D eigenvalue weighted by atomic mass is 16.5. The highest BCUT2D eigenvalue weighted by molar-refractivity contribution is 5.94. The van der Waals surface area contributed by atoms with E-state index < -0.39 is 0 Å². The molecule has 0 bridgehead atoms. The van der Waals surface area contributed by atoms with Crippen LogP contribution in [0.5, 0.6) is 5.75 Å². The van der Waals surface area contributed by atoms with Crippen molar-refractivity contribution in [3.05, 3.63) is 42.2 Å². The van der Waals surface area contributed by atoms with Gasteiger partial charge in [0.1, 0.15) is 23.7 Å². The lowest BCUT2D eigenvalue weighted by Gasteiger charge is -2.31. The quantitative estimate of drug-likeness (QED) is 0.730. The van der Waals surface area contributed by atoms with Crippen LogP contribution < -0.4 is 20.3 Å². The van der Waals surface area contributed by atoms with E-state index in [1.54, 1.807) is 37.7 Å². The summed E-state index contributed by atoms with van der Waals surface area (Å²) in [5.74, 6) is 3.05. The number of hydrogen-bond donors (Lipinski definition) is 2. The van der Waals surface area contributed by atoms with Crippen LogP contribution >= 0.6 is 0 Å². The van der Waals surface area contributed by atoms with Crippen LogP contribution in [0.15, 0.2) is 36.7 Å². The minimum Gasteiger partial charge on any atom is -0.497 e. The number of anilines is 2. The van der Waals surface area contributed by atoms with Crippen LogP contribution in [-0.2, 0) is 0 Å². The molecule has 7 heteroatoms. The van der Waals surface area contributed by atoms with Gasteiger partial charge in [0, 0.05) is 37.8 Å². The summed E-state index contributed by atoms with van der Waals surface area (Å²) < 4.78 is 5.10. The Hall–Kier alpha value is -2.83. The van der Waals surface area contributed by atoms with Crippen molar-refractivity contribution < 1.29 is 9.53 Å². The first-order valence-electron chi connectivity index (χ1n) is 9.39. The first-order chi connectivity index (χ1) is 13.2. The maximum absolute atomic E-state index is 12.1. The zero-order valence-corrected chi connectivity index (χ0v) is 15.9. The van der Waals surface area contributed by atoms with Crippen molar-refractivity contribution in [3.8, 4) is 5.75 Å². The third-order valence-electron chi connectivity index (χ3n) is 4.70. The Morgan fingerprint density at radius 1 is 1.26 bits per heavy atom. The van der Waals surface area contributed by atoms with Crippen LogP contribution in [0, 0.1) is 5.92 Å². The van der Waals surface area contributed by atoms with Gasteiger partial charge in [0.2, 0.25) is 0 Å². The molecule has 27 heavy (non-hydrogen) atoms. The van der Waals surface area contributed by atoms with Crippen molar-refractivity contribution in [2.45, 2.75) is 19.8 Å². The number of methoxy groups -OCH3 is 1. The first kappa shape index (κ1) is 18.9. The molecule has 0 spiro atoms. The van der Waals surface area contributed by atoms with Crippen LogP contribution in [0.2, 0.25) is 0 Å². The fourth-order valence-corrected chi connectivity index (χ4v) is 3.23. The van der Waals surface area contributed by atoms with Crippen LogP contribution in [0.4, 0.5) is 11.6 Å². The lowest BCUT2D eigenvalue weighted by atomic mass is 10.0. The summed E-state index contributed by atoms with van der Waals surface area (Å²) >= 11 is 0. The zero-order valence-electron chi connectivity index (χ0n) is 15.9. The average molecular weight is 369 g/mol. The molecule has 1 aromatic carbocycles. The molecule has 0 aliphatic carbocycles. The number of nitrogens with one attached hydrogen (secondary N) is 2. The Morgan fingerprint density at radius 2 is 2.07 bits per heavy atom. The van der Waals surface area contributed by atoms with Gasteiger partial charge in [-0.15, -0.1) is 0 Å².